The molecule has 2 aromatic carbocycles. The Hall–Kier alpha value is -4.08. The summed E-state index contributed by atoms with van der Waals surface area (Å²) < 4.78 is 42.4. The molecule has 0 unspecified atom stereocenters. The molecule has 0 aliphatic rings. The van der Waals surface area contributed by atoms with E-state index in [0.717, 1.165) is 0 Å². The highest BCUT2D eigenvalue weighted by Crippen LogP contribution is 2.34. The number of nitro benzene ring substituents is 1. The summed E-state index contributed by atoms with van der Waals surface area (Å²) in [5.74, 6) is -0.365. The van der Waals surface area contributed by atoms with Crippen molar-refractivity contribution in [1.29, 1.82) is 0 Å². The molecule has 0 aliphatic heterocycles. The fourth-order valence-electron chi connectivity index (χ4n) is 3.50. The van der Waals surface area contributed by atoms with Crippen molar-refractivity contribution >= 4 is 16.5 Å². The molecule has 2 heterocycles. The molecule has 0 bridgehead atoms. The molecule has 164 valence electrons. The molecule has 0 amide bonds. The first-order valence-electron chi connectivity index (χ1n) is 9.40. The minimum absolute atomic E-state index is 0.0359. The number of pyridine rings is 1. The molecule has 7 nitrogen and oxygen atoms in total. The van der Waals surface area contributed by atoms with Crippen LogP contribution < -0.4 is 4.74 Å². The van der Waals surface area contributed by atoms with Gasteiger partial charge in [-0.25, -0.2) is 0 Å². The number of nitro groups is 1. The van der Waals surface area contributed by atoms with Crippen LogP contribution in [-0.4, -0.2) is 25.9 Å². The van der Waals surface area contributed by atoms with Crippen molar-refractivity contribution < 1.29 is 27.9 Å². The highest BCUT2D eigenvalue weighted by molar-refractivity contribution is 5.92. The zero-order valence-corrected chi connectivity index (χ0v) is 16.6. The highest BCUT2D eigenvalue weighted by Gasteiger charge is 2.31. The van der Waals surface area contributed by atoms with E-state index in [1.165, 1.54) is 36.4 Å². The van der Waals surface area contributed by atoms with Crippen molar-refractivity contribution in [3.63, 3.8) is 0 Å². The number of aryl methyl sites for hydroxylation is 1. The van der Waals surface area contributed by atoms with Crippen LogP contribution in [0.25, 0.3) is 22.0 Å². The third kappa shape index (κ3) is 4.34. The second kappa shape index (κ2) is 7.88. The summed E-state index contributed by atoms with van der Waals surface area (Å²) in [6.45, 7) is 1.93. The molecule has 0 atom stereocenters. The lowest BCUT2D eigenvalue weighted by Crippen LogP contribution is -2.17. The fraction of sp³-hybridized carbons (Fsp3) is 0.136. The van der Waals surface area contributed by atoms with Crippen LogP contribution in [0, 0.1) is 17.0 Å². The molecule has 2 aromatic heterocycles. The van der Waals surface area contributed by atoms with Gasteiger partial charge < -0.3 is 14.4 Å². The average molecular weight is 443 g/mol. The molecule has 0 aliphatic carbocycles. The number of hydrogen-bond donors (Lipinski definition) is 1. The van der Waals surface area contributed by atoms with Gasteiger partial charge in [-0.3, -0.25) is 15.1 Å². The molecule has 1 N–H and O–H groups in total. The summed E-state index contributed by atoms with van der Waals surface area (Å²) in [6, 6.07) is 13.2. The van der Waals surface area contributed by atoms with Gasteiger partial charge in [-0.15, -0.1) is 13.2 Å². The number of rotatable bonds is 5. The number of benzene rings is 2. The van der Waals surface area contributed by atoms with Gasteiger partial charge in [-0.1, -0.05) is 24.3 Å². The van der Waals surface area contributed by atoms with Crippen LogP contribution in [0.15, 0.2) is 60.8 Å². The summed E-state index contributed by atoms with van der Waals surface area (Å²) in [7, 11) is 0. The van der Waals surface area contributed by atoms with Gasteiger partial charge in [0.25, 0.3) is 5.69 Å². The molecular weight excluding hydrogens is 427 g/mol. The smallest absolute Gasteiger partial charge is 0.494 e. The maximum Gasteiger partial charge on any atom is 0.573 e. The van der Waals surface area contributed by atoms with E-state index in [4.69, 9.17) is 0 Å². The van der Waals surface area contributed by atoms with Gasteiger partial charge in [0.15, 0.2) is 0 Å². The topological polar surface area (TPSA) is 90.4 Å². The van der Waals surface area contributed by atoms with E-state index in [-0.39, 0.29) is 23.9 Å². The van der Waals surface area contributed by atoms with Gasteiger partial charge >= 0.3 is 6.36 Å². The first-order chi connectivity index (χ1) is 15.1. The monoisotopic (exact) mass is 443 g/mol. The van der Waals surface area contributed by atoms with Crippen LogP contribution in [-0.2, 0) is 6.54 Å². The molecule has 32 heavy (non-hydrogen) atoms. The number of fused-ring (bicyclic) bond motifs is 1. The Balaban J connectivity index is 1.66. The maximum atomic E-state index is 12.3. The zero-order chi connectivity index (χ0) is 23.0. The zero-order valence-electron chi connectivity index (χ0n) is 16.6. The summed E-state index contributed by atoms with van der Waals surface area (Å²) in [5.41, 5.74) is 2.22. The van der Waals surface area contributed by atoms with Crippen molar-refractivity contribution in [1.82, 2.24) is 9.55 Å². The van der Waals surface area contributed by atoms with E-state index in [9.17, 15) is 28.4 Å². The molecule has 0 spiro atoms. The Morgan fingerprint density at radius 2 is 1.88 bits per heavy atom. The fourth-order valence-corrected chi connectivity index (χ4v) is 3.50. The summed E-state index contributed by atoms with van der Waals surface area (Å²) in [6.07, 6.45) is -3.07. The van der Waals surface area contributed by atoms with E-state index in [1.54, 1.807) is 35.9 Å². The molecule has 0 fully saturated rings. The predicted molar refractivity (Wildman–Crippen MR) is 110 cm³/mol. The van der Waals surface area contributed by atoms with E-state index >= 15 is 0 Å². The number of ether oxygens (including phenoxy) is 1. The molecule has 0 saturated carbocycles. The minimum atomic E-state index is -4.76. The molecule has 4 rings (SSSR count). The number of non-ortho nitro benzene ring substituents is 1. The van der Waals surface area contributed by atoms with Crippen molar-refractivity contribution in [2.75, 3.05) is 0 Å². The Morgan fingerprint density at radius 3 is 2.53 bits per heavy atom. The van der Waals surface area contributed by atoms with Crippen LogP contribution in [0.2, 0.25) is 0 Å². The standard InChI is InChI=1S/C22H16F3N3O4/c1-13-20-16(10-19(26-13)15-3-2-4-17(9-15)28(30)31)12-27(21(20)29)11-14-5-7-18(8-6-14)32-22(23,24)25/h2-10,12,29H,11H2,1H3. The Labute approximate surface area is 179 Å². The highest BCUT2D eigenvalue weighted by atomic mass is 19.4. The van der Waals surface area contributed by atoms with E-state index in [2.05, 4.69) is 9.72 Å². The molecule has 0 saturated heterocycles. The lowest BCUT2D eigenvalue weighted by atomic mass is 10.1. The quantitative estimate of drug-likeness (QED) is 0.322. The van der Waals surface area contributed by atoms with Gasteiger partial charge in [-0.2, -0.15) is 0 Å². The number of aromatic nitrogens is 2. The van der Waals surface area contributed by atoms with Crippen LogP contribution >= 0.6 is 0 Å². The van der Waals surface area contributed by atoms with Crippen LogP contribution in [0.1, 0.15) is 11.3 Å². The number of nitrogens with zero attached hydrogens (tertiary/aromatic N) is 3. The second-order valence-corrected chi connectivity index (χ2v) is 7.14. The first-order valence-corrected chi connectivity index (χ1v) is 9.40. The first kappa shape index (κ1) is 21.2. The van der Waals surface area contributed by atoms with Crippen molar-refractivity contribution in [2.24, 2.45) is 0 Å². The molecular formula is C22H16F3N3O4. The number of alkyl halides is 3. The van der Waals surface area contributed by atoms with Gasteiger partial charge in [0.1, 0.15) is 5.75 Å². The number of halogens is 3. The van der Waals surface area contributed by atoms with E-state index in [0.29, 0.717) is 33.3 Å². The van der Waals surface area contributed by atoms with Gasteiger partial charge in [0, 0.05) is 29.3 Å². The predicted octanol–water partition coefficient (Wildman–Crippen LogP) is 5.57. The Bertz CT molecular complexity index is 1310. The lowest BCUT2D eigenvalue weighted by Gasteiger charge is -2.10. The minimum Gasteiger partial charge on any atom is -0.494 e. The van der Waals surface area contributed by atoms with Crippen molar-refractivity contribution in [3.8, 4) is 22.9 Å². The summed E-state index contributed by atoms with van der Waals surface area (Å²) in [4.78, 5) is 15.1. The van der Waals surface area contributed by atoms with Gasteiger partial charge in [0.05, 0.1) is 28.2 Å². The summed E-state index contributed by atoms with van der Waals surface area (Å²) in [5, 5.41) is 22.9. The van der Waals surface area contributed by atoms with Crippen molar-refractivity contribution in [3.05, 3.63) is 82.2 Å². The van der Waals surface area contributed by atoms with Crippen LogP contribution in [0.4, 0.5) is 18.9 Å². The van der Waals surface area contributed by atoms with Gasteiger partial charge in [-0.05, 0) is 30.7 Å². The normalized spacial score (nSPS) is 11.6. The molecule has 10 heteroatoms. The van der Waals surface area contributed by atoms with Gasteiger partial charge in [0.2, 0.25) is 5.88 Å². The SMILES string of the molecule is Cc1nc(-c2cccc([N+](=O)[O-])c2)cc2cn(Cc3ccc(OC(F)(F)F)cc3)c(O)c12. The van der Waals surface area contributed by atoms with E-state index < -0.39 is 11.3 Å². The van der Waals surface area contributed by atoms with E-state index in [1.807, 2.05) is 0 Å². The van der Waals surface area contributed by atoms with Crippen molar-refractivity contribution in [2.45, 2.75) is 19.8 Å². The average Bonchev–Trinajstić information content (AvgIpc) is 3.04. The number of hydrogen-bond acceptors (Lipinski definition) is 5. The summed E-state index contributed by atoms with van der Waals surface area (Å²) >= 11 is 0. The number of aromatic hydroxyl groups is 1. The lowest BCUT2D eigenvalue weighted by molar-refractivity contribution is -0.384. The Morgan fingerprint density at radius 1 is 1.16 bits per heavy atom. The third-order valence-corrected chi connectivity index (χ3v) is 4.88. The maximum absolute atomic E-state index is 12.3. The third-order valence-electron chi connectivity index (χ3n) is 4.88. The van der Waals surface area contributed by atoms with Crippen LogP contribution in [0.5, 0.6) is 11.6 Å². The Kier molecular flexibility index (Phi) is 5.21. The largest absolute Gasteiger partial charge is 0.573 e. The molecule has 0 radical (unpaired) electrons. The second-order valence-electron chi connectivity index (χ2n) is 7.14. The van der Waals surface area contributed by atoms with Crippen LogP contribution in [0.3, 0.4) is 0 Å². The molecule has 4 aromatic rings.